The molecule has 1 aromatic carbocycles. The third kappa shape index (κ3) is 3.36. The zero-order valence-corrected chi connectivity index (χ0v) is 17.0. The lowest BCUT2D eigenvalue weighted by atomic mass is 9.78. The molecule has 3 rings (SSSR count). The molecule has 0 unspecified atom stereocenters. The zero-order chi connectivity index (χ0) is 17.5. The van der Waals surface area contributed by atoms with Crippen LogP contribution in [0, 0.1) is 5.92 Å². The Morgan fingerprint density at radius 2 is 1.92 bits per heavy atom. The second kappa shape index (κ2) is 6.38. The summed E-state index contributed by atoms with van der Waals surface area (Å²) in [6.45, 7) is 11.4. The van der Waals surface area contributed by atoms with E-state index in [-0.39, 0.29) is 5.04 Å². The Morgan fingerprint density at radius 1 is 1.17 bits per heavy atom. The van der Waals surface area contributed by atoms with Gasteiger partial charge in [0, 0.05) is 13.0 Å². The third-order valence-corrected chi connectivity index (χ3v) is 10.5. The van der Waals surface area contributed by atoms with Crippen molar-refractivity contribution in [1.29, 1.82) is 0 Å². The van der Waals surface area contributed by atoms with Gasteiger partial charge in [-0.3, -0.25) is 0 Å². The van der Waals surface area contributed by atoms with Gasteiger partial charge in [0.25, 0.3) is 0 Å². The number of fused-ring (bicyclic) bond motifs is 2. The molecule has 0 bridgehead atoms. The molecule has 1 fully saturated rings. The summed E-state index contributed by atoms with van der Waals surface area (Å²) in [6.07, 6.45) is 5.16. The van der Waals surface area contributed by atoms with E-state index in [1.165, 1.54) is 12.0 Å². The number of hydrogen-bond donors (Lipinski definition) is 0. The maximum Gasteiger partial charge on any atom is 0.250 e. The van der Waals surface area contributed by atoms with Crippen molar-refractivity contribution in [3.05, 3.63) is 23.8 Å². The van der Waals surface area contributed by atoms with E-state index in [0.29, 0.717) is 18.1 Å². The topological polar surface area (TPSA) is 27.7 Å². The quantitative estimate of drug-likeness (QED) is 0.704. The van der Waals surface area contributed by atoms with Gasteiger partial charge < -0.3 is 13.9 Å². The maximum absolute atomic E-state index is 6.47. The molecule has 0 spiro atoms. The minimum absolute atomic E-state index is 0.203. The number of hydrogen-bond acceptors (Lipinski definition) is 3. The third-order valence-electron chi connectivity index (χ3n) is 6.18. The van der Waals surface area contributed by atoms with Gasteiger partial charge in [-0.05, 0) is 67.6 Å². The number of methoxy groups -OCH3 is 1. The first-order valence-electron chi connectivity index (χ1n) is 9.23. The van der Waals surface area contributed by atoms with Crippen LogP contribution >= 0.6 is 0 Å². The second-order valence-electron chi connectivity index (χ2n) is 8.86. The Kier molecular flexibility index (Phi) is 4.73. The maximum atomic E-state index is 6.47. The smallest absolute Gasteiger partial charge is 0.250 e. The van der Waals surface area contributed by atoms with E-state index in [1.807, 2.05) is 7.11 Å². The summed E-state index contributed by atoms with van der Waals surface area (Å²) in [5.41, 5.74) is 1.27. The van der Waals surface area contributed by atoms with E-state index in [2.05, 4.69) is 52.1 Å². The lowest BCUT2D eigenvalue weighted by molar-refractivity contribution is -0.0438. The summed E-state index contributed by atoms with van der Waals surface area (Å²) >= 11 is 0. The molecule has 0 radical (unpaired) electrons. The van der Waals surface area contributed by atoms with E-state index in [4.69, 9.17) is 13.9 Å². The van der Waals surface area contributed by atoms with Crippen molar-refractivity contribution in [2.24, 2.45) is 5.92 Å². The fourth-order valence-electron chi connectivity index (χ4n) is 3.65. The summed E-state index contributed by atoms with van der Waals surface area (Å²) in [4.78, 5) is 0. The molecule has 1 aliphatic heterocycles. The molecule has 24 heavy (non-hydrogen) atoms. The highest BCUT2D eigenvalue weighted by Crippen LogP contribution is 2.42. The molecule has 1 aliphatic carbocycles. The molecule has 3 nitrogen and oxygen atoms in total. The largest absolute Gasteiger partial charge is 0.543 e. The van der Waals surface area contributed by atoms with Crippen LogP contribution in [-0.2, 0) is 11.2 Å². The number of benzene rings is 1. The monoisotopic (exact) mass is 348 g/mol. The first kappa shape index (κ1) is 17.8. The molecule has 0 saturated heterocycles. The molecule has 4 heteroatoms. The lowest BCUT2D eigenvalue weighted by Crippen LogP contribution is -2.45. The number of rotatable bonds is 3. The fourth-order valence-corrected chi connectivity index (χ4v) is 4.67. The Morgan fingerprint density at radius 3 is 2.58 bits per heavy atom. The van der Waals surface area contributed by atoms with Gasteiger partial charge in [-0.25, -0.2) is 0 Å². The van der Waals surface area contributed by atoms with E-state index >= 15 is 0 Å². The van der Waals surface area contributed by atoms with E-state index in [9.17, 15) is 0 Å². The van der Waals surface area contributed by atoms with Gasteiger partial charge in [-0.2, -0.15) is 0 Å². The highest BCUT2D eigenvalue weighted by molar-refractivity contribution is 6.74. The Balaban J connectivity index is 1.82. The molecule has 1 saturated carbocycles. The second-order valence-corrected chi connectivity index (χ2v) is 13.6. The van der Waals surface area contributed by atoms with Crippen molar-refractivity contribution < 1.29 is 13.9 Å². The highest BCUT2D eigenvalue weighted by atomic mass is 28.4. The summed E-state index contributed by atoms with van der Waals surface area (Å²) in [5.74, 6) is 2.50. The van der Waals surface area contributed by atoms with Gasteiger partial charge in [0.15, 0.2) is 0 Å². The average Bonchev–Trinajstić information content (AvgIpc) is 2.51. The van der Waals surface area contributed by atoms with Crippen LogP contribution in [0.3, 0.4) is 0 Å². The van der Waals surface area contributed by atoms with Gasteiger partial charge in [-0.15, -0.1) is 0 Å². The molecule has 0 amide bonds. The number of ether oxygens (including phenoxy) is 2. The van der Waals surface area contributed by atoms with E-state index in [0.717, 1.165) is 30.8 Å². The Hall–Kier alpha value is -1.00. The summed E-state index contributed by atoms with van der Waals surface area (Å²) in [5, 5.41) is 0.203. The first-order valence-corrected chi connectivity index (χ1v) is 12.1. The molecule has 134 valence electrons. The molecular formula is C20H32O3Si. The van der Waals surface area contributed by atoms with Crippen LogP contribution in [0.25, 0.3) is 0 Å². The molecule has 0 aromatic heterocycles. The SMILES string of the molecule is CO[C@H]1CCC[C@H]2Oc3ccc(O[Si](C)(C)C(C)(C)C)cc3C[C@@H]12. The standard InChI is InChI=1S/C20H32O3Si/c1-20(2,3)24(5,6)23-15-10-11-17-14(12-15)13-16-18(21-4)8-7-9-19(16)22-17/h10-12,16,18-19H,7-9,13H2,1-6H3/t16-,18-,19+/m0/s1. The summed E-state index contributed by atoms with van der Waals surface area (Å²) < 4.78 is 18.5. The van der Waals surface area contributed by atoms with Crippen LogP contribution in [0.15, 0.2) is 18.2 Å². The van der Waals surface area contributed by atoms with Crippen LogP contribution in [0.4, 0.5) is 0 Å². The van der Waals surface area contributed by atoms with Crippen molar-refractivity contribution >= 4 is 8.32 Å². The minimum Gasteiger partial charge on any atom is -0.543 e. The normalized spacial score (nSPS) is 27.0. The van der Waals surface area contributed by atoms with Crippen molar-refractivity contribution in [3.8, 4) is 11.5 Å². The fraction of sp³-hybridized carbons (Fsp3) is 0.700. The van der Waals surface area contributed by atoms with Crippen LogP contribution in [0.2, 0.25) is 18.1 Å². The van der Waals surface area contributed by atoms with Gasteiger partial charge in [-0.1, -0.05) is 20.8 Å². The van der Waals surface area contributed by atoms with Crippen molar-refractivity contribution in [2.45, 2.75) is 76.8 Å². The van der Waals surface area contributed by atoms with Gasteiger partial charge in [0.05, 0.1) is 6.10 Å². The first-order chi connectivity index (χ1) is 11.2. The molecular weight excluding hydrogens is 316 g/mol. The minimum atomic E-state index is -1.81. The Bertz CT molecular complexity index is 591. The summed E-state index contributed by atoms with van der Waals surface area (Å²) in [7, 11) is 0.0215. The van der Waals surface area contributed by atoms with Crippen LogP contribution < -0.4 is 9.16 Å². The zero-order valence-electron chi connectivity index (χ0n) is 16.0. The van der Waals surface area contributed by atoms with E-state index in [1.54, 1.807) is 0 Å². The molecule has 1 heterocycles. The van der Waals surface area contributed by atoms with Crippen LogP contribution in [0.5, 0.6) is 11.5 Å². The molecule has 2 aliphatic rings. The van der Waals surface area contributed by atoms with Crippen LogP contribution in [0.1, 0.15) is 45.6 Å². The molecule has 0 N–H and O–H groups in total. The Labute approximate surface area is 147 Å². The molecule has 1 aromatic rings. The van der Waals surface area contributed by atoms with Crippen LogP contribution in [-0.4, -0.2) is 27.6 Å². The van der Waals surface area contributed by atoms with Crippen molar-refractivity contribution in [2.75, 3.05) is 7.11 Å². The predicted molar refractivity (Wildman–Crippen MR) is 101 cm³/mol. The van der Waals surface area contributed by atoms with Gasteiger partial charge in [0.2, 0.25) is 8.32 Å². The van der Waals surface area contributed by atoms with Crippen molar-refractivity contribution in [1.82, 2.24) is 0 Å². The van der Waals surface area contributed by atoms with E-state index < -0.39 is 8.32 Å². The van der Waals surface area contributed by atoms with Crippen molar-refractivity contribution in [3.63, 3.8) is 0 Å². The molecule has 3 atom stereocenters. The lowest BCUT2D eigenvalue weighted by Gasteiger charge is -2.41. The van der Waals surface area contributed by atoms with Gasteiger partial charge in [0.1, 0.15) is 17.6 Å². The average molecular weight is 349 g/mol. The summed E-state index contributed by atoms with van der Waals surface area (Å²) in [6, 6.07) is 6.38. The predicted octanol–water partition coefficient (Wildman–Crippen LogP) is 5.19. The highest BCUT2D eigenvalue weighted by Gasteiger charge is 2.40. The van der Waals surface area contributed by atoms with Gasteiger partial charge >= 0.3 is 0 Å².